The highest BCUT2D eigenvalue weighted by Crippen LogP contribution is 2.41. The molecule has 0 atom stereocenters. The number of hydrogen-bond donors (Lipinski definition) is 2. The molecule has 1 saturated heterocycles. The number of carbonyl (C=O) groups is 1. The second-order valence-corrected chi connectivity index (χ2v) is 9.40. The highest BCUT2D eigenvalue weighted by atomic mass is 32.2. The summed E-state index contributed by atoms with van der Waals surface area (Å²) < 4.78 is 30.4. The molecule has 1 aliphatic carbocycles. The van der Waals surface area contributed by atoms with Crippen molar-refractivity contribution in [1.82, 2.24) is 14.8 Å². The average molecular weight is 439 g/mol. The summed E-state index contributed by atoms with van der Waals surface area (Å²) in [5.74, 6) is 0.701. The minimum absolute atomic E-state index is 0.0495. The number of amides is 1. The standard InChI is InChI=1S/C17H22N6O4S2/c18-29(25,26)14-3-1-2-12(10-14)19-15(24)11-28-17-21-20-16(23(17)13-4-5-13)22-6-8-27-9-7-22/h1-3,10,13H,4-9,11H2,(H,19,24)(H2,18,25,26). The number of benzene rings is 1. The molecule has 156 valence electrons. The maximum absolute atomic E-state index is 12.4. The molecule has 2 fully saturated rings. The first kappa shape index (κ1) is 20.1. The van der Waals surface area contributed by atoms with E-state index in [0.717, 1.165) is 31.9 Å². The smallest absolute Gasteiger partial charge is 0.238 e. The van der Waals surface area contributed by atoms with Crippen molar-refractivity contribution in [3.05, 3.63) is 24.3 Å². The Morgan fingerprint density at radius 1 is 1.28 bits per heavy atom. The van der Waals surface area contributed by atoms with Gasteiger partial charge in [0.05, 0.1) is 23.9 Å². The van der Waals surface area contributed by atoms with Crippen LogP contribution in [-0.2, 0) is 19.6 Å². The van der Waals surface area contributed by atoms with Crippen molar-refractivity contribution in [1.29, 1.82) is 0 Å². The molecule has 0 unspecified atom stereocenters. The number of primary sulfonamides is 1. The quantitative estimate of drug-likeness (QED) is 0.608. The predicted molar refractivity (Wildman–Crippen MR) is 108 cm³/mol. The van der Waals surface area contributed by atoms with E-state index in [1.54, 1.807) is 6.07 Å². The van der Waals surface area contributed by atoms with Crippen LogP contribution in [0.5, 0.6) is 0 Å². The number of hydrogen-bond acceptors (Lipinski definition) is 8. The number of sulfonamides is 1. The molecule has 0 radical (unpaired) electrons. The van der Waals surface area contributed by atoms with Gasteiger partial charge in [-0.25, -0.2) is 13.6 Å². The van der Waals surface area contributed by atoms with Crippen molar-refractivity contribution in [2.24, 2.45) is 5.14 Å². The number of morpholine rings is 1. The average Bonchev–Trinajstić information content (AvgIpc) is 3.45. The maximum Gasteiger partial charge on any atom is 0.238 e. The molecule has 1 amide bonds. The molecule has 10 nitrogen and oxygen atoms in total. The van der Waals surface area contributed by atoms with E-state index in [4.69, 9.17) is 9.88 Å². The van der Waals surface area contributed by atoms with Gasteiger partial charge in [-0.05, 0) is 31.0 Å². The first-order valence-electron chi connectivity index (χ1n) is 9.25. The van der Waals surface area contributed by atoms with Crippen molar-refractivity contribution in [2.75, 3.05) is 42.3 Å². The minimum atomic E-state index is -3.82. The van der Waals surface area contributed by atoms with Crippen LogP contribution in [0.25, 0.3) is 0 Å². The van der Waals surface area contributed by atoms with Crippen LogP contribution in [0.3, 0.4) is 0 Å². The van der Waals surface area contributed by atoms with E-state index in [1.165, 1.54) is 30.0 Å². The number of rotatable bonds is 7. The zero-order valence-electron chi connectivity index (χ0n) is 15.7. The fourth-order valence-corrected chi connectivity index (χ4v) is 4.44. The van der Waals surface area contributed by atoms with Crippen LogP contribution in [0.1, 0.15) is 18.9 Å². The predicted octanol–water partition coefficient (Wildman–Crippen LogP) is 0.828. The summed E-state index contributed by atoms with van der Waals surface area (Å²) >= 11 is 1.31. The summed E-state index contributed by atoms with van der Waals surface area (Å²) in [5, 5.41) is 17.2. The second kappa shape index (κ2) is 8.30. The van der Waals surface area contributed by atoms with Crippen LogP contribution < -0.4 is 15.4 Å². The van der Waals surface area contributed by atoms with Gasteiger partial charge < -0.3 is 15.0 Å². The molecule has 29 heavy (non-hydrogen) atoms. The summed E-state index contributed by atoms with van der Waals surface area (Å²) in [4.78, 5) is 14.5. The number of thioether (sulfide) groups is 1. The SMILES string of the molecule is NS(=O)(=O)c1cccc(NC(=O)CSc2nnc(N3CCOCC3)n2C2CC2)c1. The van der Waals surface area contributed by atoms with Crippen LogP contribution in [-0.4, -0.2) is 61.1 Å². The summed E-state index contributed by atoms with van der Waals surface area (Å²) in [5.41, 5.74) is 0.375. The zero-order valence-corrected chi connectivity index (χ0v) is 17.3. The molecule has 1 saturated carbocycles. The highest BCUT2D eigenvalue weighted by Gasteiger charge is 2.32. The summed E-state index contributed by atoms with van der Waals surface area (Å²) in [6.07, 6.45) is 2.16. The number of nitrogens with zero attached hydrogens (tertiary/aromatic N) is 4. The molecule has 1 aromatic carbocycles. The van der Waals surface area contributed by atoms with Crippen molar-refractivity contribution in [2.45, 2.75) is 28.9 Å². The van der Waals surface area contributed by atoms with E-state index < -0.39 is 10.0 Å². The Morgan fingerprint density at radius 3 is 2.72 bits per heavy atom. The third-order valence-corrected chi connectivity index (χ3v) is 6.49. The number of anilines is 2. The van der Waals surface area contributed by atoms with Gasteiger partial charge >= 0.3 is 0 Å². The Morgan fingerprint density at radius 2 is 2.03 bits per heavy atom. The Hall–Kier alpha value is -2.15. The monoisotopic (exact) mass is 438 g/mol. The zero-order chi connectivity index (χ0) is 20.4. The number of nitrogens with one attached hydrogen (secondary N) is 1. The van der Waals surface area contributed by atoms with Gasteiger partial charge in [-0.2, -0.15) is 0 Å². The molecule has 4 rings (SSSR count). The normalized spacial score (nSPS) is 17.3. The first-order valence-corrected chi connectivity index (χ1v) is 11.8. The van der Waals surface area contributed by atoms with E-state index in [-0.39, 0.29) is 16.6 Å². The Balaban J connectivity index is 1.41. The third kappa shape index (κ3) is 4.89. The van der Waals surface area contributed by atoms with Gasteiger partial charge in [-0.1, -0.05) is 17.8 Å². The van der Waals surface area contributed by atoms with Gasteiger partial charge in [0, 0.05) is 24.8 Å². The lowest BCUT2D eigenvalue weighted by Crippen LogP contribution is -2.38. The van der Waals surface area contributed by atoms with Gasteiger partial charge in [0.1, 0.15) is 0 Å². The number of ether oxygens (including phenoxy) is 1. The lowest BCUT2D eigenvalue weighted by molar-refractivity contribution is -0.113. The van der Waals surface area contributed by atoms with Crippen molar-refractivity contribution in [3.8, 4) is 0 Å². The fraction of sp³-hybridized carbons (Fsp3) is 0.471. The van der Waals surface area contributed by atoms with Crippen LogP contribution in [0.4, 0.5) is 11.6 Å². The van der Waals surface area contributed by atoms with Gasteiger partial charge in [0.15, 0.2) is 5.16 Å². The van der Waals surface area contributed by atoms with Crippen molar-refractivity contribution < 1.29 is 17.9 Å². The van der Waals surface area contributed by atoms with Gasteiger partial charge in [0.2, 0.25) is 21.9 Å². The van der Waals surface area contributed by atoms with Crippen molar-refractivity contribution in [3.63, 3.8) is 0 Å². The fourth-order valence-electron chi connectivity index (χ4n) is 3.08. The highest BCUT2D eigenvalue weighted by molar-refractivity contribution is 7.99. The molecule has 0 spiro atoms. The first-order chi connectivity index (χ1) is 13.9. The summed E-state index contributed by atoms with van der Waals surface area (Å²) in [7, 11) is -3.82. The minimum Gasteiger partial charge on any atom is -0.378 e. The Labute approximate surface area is 172 Å². The van der Waals surface area contributed by atoms with E-state index in [2.05, 4.69) is 25.0 Å². The lowest BCUT2D eigenvalue weighted by atomic mass is 10.3. The lowest BCUT2D eigenvalue weighted by Gasteiger charge is -2.27. The van der Waals surface area contributed by atoms with Crippen LogP contribution in [0, 0.1) is 0 Å². The summed E-state index contributed by atoms with van der Waals surface area (Å²) in [6, 6.07) is 6.23. The number of aromatic nitrogens is 3. The number of nitrogens with two attached hydrogens (primary N) is 1. The molecule has 3 N–H and O–H groups in total. The third-order valence-electron chi connectivity index (χ3n) is 4.63. The number of carbonyl (C=O) groups excluding carboxylic acids is 1. The van der Waals surface area contributed by atoms with Crippen LogP contribution in [0.2, 0.25) is 0 Å². The Bertz CT molecular complexity index is 999. The van der Waals surface area contributed by atoms with Crippen LogP contribution in [0.15, 0.2) is 34.3 Å². The molecule has 1 aliphatic heterocycles. The van der Waals surface area contributed by atoms with Gasteiger partial charge in [-0.15, -0.1) is 10.2 Å². The van der Waals surface area contributed by atoms with E-state index in [0.29, 0.717) is 30.1 Å². The molecule has 2 heterocycles. The molecule has 12 heteroatoms. The van der Waals surface area contributed by atoms with Crippen molar-refractivity contribution >= 4 is 39.3 Å². The Kier molecular flexibility index (Phi) is 5.76. The molecule has 1 aromatic heterocycles. The van der Waals surface area contributed by atoms with E-state index in [9.17, 15) is 13.2 Å². The molecule has 0 bridgehead atoms. The molecular formula is C17H22N6O4S2. The maximum atomic E-state index is 12.4. The largest absolute Gasteiger partial charge is 0.378 e. The van der Waals surface area contributed by atoms with Crippen LogP contribution >= 0.6 is 11.8 Å². The van der Waals surface area contributed by atoms with Gasteiger partial charge in [0.25, 0.3) is 0 Å². The molecule has 2 aromatic rings. The van der Waals surface area contributed by atoms with E-state index in [1.807, 2.05) is 0 Å². The molecular weight excluding hydrogens is 416 g/mol. The summed E-state index contributed by atoms with van der Waals surface area (Å²) in [6.45, 7) is 2.88. The topological polar surface area (TPSA) is 132 Å². The second-order valence-electron chi connectivity index (χ2n) is 6.89. The molecule has 2 aliphatic rings. The van der Waals surface area contributed by atoms with E-state index >= 15 is 0 Å². The van der Waals surface area contributed by atoms with Gasteiger partial charge in [-0.3, -0.25) is 9.36 Å².